The van der Waals surface area contributed by atoms with Gasteiger partial charge in [-0.3, -0.25) is 0 Å². The van der Waals surface area contributed by atoms with Crippen LogP contribution >= 0.6 is 0 Å². The Hall–Kier alpha value is -1.95. The standard InChI is InChI=1S/C15H20N4O2/c1-3-21-15(20)12-9-17-14-8-13(18-19(14)10(12)2)11-4-6-16-7-5-11/h8-9,11,16H,3-7H2,1-2H3. The number of fused-ring (bicyclic) bond motifs is 1. The maximum absolute atomic E-state index is 11.9. The van der Waals surface area contributed by atoms with Crippen LogP contribution in [0.4, 0.5) is 0 Å². The molecule has 0 aromatic carbocycles. The SMILES string of the molecule is CCOC(=O)c1cnc2cc(C3CCNCC3)nn2c1C. The van der Waals surface area contributed by atoms with Crippen molar-refractivity contribution in [3.63, 3.8) is 0 Å². The van der Waals surface area contributed by atoms with Gasteiger partial charge in [0.2, 0.25) is 0 Å². The van der Waals surface area contributed by atoms with Gasteiger partial charge in [-0.15, -0.1) is 0 Å². The van der Waals surface area contributed by atoms with E-state index in [4.69, 9.17) is 4.74 Å². The second-order valence-electron chi connectivity index (χ2n) is 5.34. The van der Waals surface area contributed by atoms with E-state index in [1.165, 1.54) is 0 Å². The number of nitrogens with one attached hydrogen (secondary N) is 1. The third-order valence-electron chi connectivity index (χ3n) is 4.00. The molecule has 2 aromatic rings. The predicted molar refractivity (Wildman–Crippen MR) is 78.5 cm³/mol. The molecule has 0 aliphatic carbocycles. The molecule has 1 aliphatic rings. The summed E-state index contributed by atoms with van der Waals surface area (Å²) in [5.41, 5.74) is 3.10. The van der Waals surface area contributed by atoms with Crippen molar-refractivity contribution in [1.82, 2.24) is 19.9 Å². The number of carbonyl (C=O) groups excluding carboxylic acids is 1. The zero-order valence-electron chi connectivity index (χ0n) is 12.4. The van der Waals surface area contributed by atoms with Crippen LogP contribution in [0.5, 0.6) is 0 Å². The fourth-order valence-corrected chi connectivity index (χ4v) is 2.79. The van der Waals surface area contributed by atoms with Gasteiger partial charge in [-0.25, -0.2) is 14.3 Å². The lowest BCUT2D eigenvalue weighted by molar-refractivity contribution is 0.0524. The second kappa shape index (κ2) is 5.81. The highest BCUT2D eigenvalue weighted by Crippen LogP contribution is 2.25. The molecule has 112 valence electrons. The lowest BCUT2D eigenvalue weighted by Crippen LogP contribution is -2.26. The third kappa shape index (κ3) is 2.63. The lowest BCUT2D eigenvalue weighted by Gasteiger charge is -2.20. The Balaban J connectivity index is 1.97. The highest BCUT2D eigenvalue weighted by Gasteiger charge is 2.20. The van der Waals surface area contributed by atoms with Crippen molar-refractivity contribution >= 4 is 11.6 Å². The van der Waals surface area contributed by atoms with E-state index in [1.807, 2.05) is 13.0 Å². The van der Waals surface area contributed by atoms with Gasteiger partial charge in [0.15, 0.2) is 5.65 Å². The Labute approximate surface area is 123 Å². The van der Waals surface area contributed by atoms with Crippen LogP contribution in [0.15, 0.2) is 12.3 Å². The van der Waals surface area contributed by atoms with E-state index in [1.54, 1.807) is 17.6 Å². The lowest BCUT2D eigenvalue weighted by atomic mass is 9.95. The maximum atomic E-state index is 11.9. The summed E-state index contributed by atoms with van der Waals surface area (Å²) in [6.45, 7) is 6.08. The molecule has 6 nitrogen and oxygen atoms in total. The van der Waals surface area contributed by atoms with Crippen LogP contribution in [0, 0.1) is 6.92 Å². The summed E-state index contributed by atoms with van der Waals surface area (Å²) in [6.07, 6.45) is 3.76. The average Bonchev–Trinajstić information content (AvgIpc) is 2.94. The highest BCUT2D eigenvalue weighted by atomic mass is 16.5. The number of hydrogen-bond acceptors (Lipinski definition) is 5. The molecule has 1 saturated heterocycles. The molecule has 3 rings (SSSR count). The molecule has 0 bridgehead atoms. The Morgan fingerprint density at radius 3 is 2.95 bits per heavy atom. The summed E-state index contributed by atoms with van der Waals surface area (Å²) in [4.78, 5) is 16.3. The van der Waals surface area contributed by atoms with Gasteiger partial charge in [0.25, 0.3) is 0 Å². The molecule has 0 atom stereocenters. The molecule has 0 radical (unpaired) electrons. The summed E-state index contributed by atoms with van der Waals surface area (Å²) >= 11 is 0. The molecule has 0 amide bonds. The van der Waals surface area contributed by atoms with Gasteiger partial charge in [0.1, 0.15) is 0 Å². The summed E-state index contributed by atoms with van der Waals surface area (Å²) in [6, 6.07) is 2.03. The van der Waals surface area contributed by atoms with Crippen molar-refractivity contribution in [2.24, 2.45) is 0 Å². The normalized spacial score (nSPS) is 16.3. The first-order valence-corrected chi connectivity index (χ1v) is 7.43. The minimum Gasteiger partial charge on any atom is -0.462 e. The Kier molecular flexibility index (Phi) is 3.88. The van der Waals surface area contributed by atoms with Crippen molar-refractivity contribution in [3.8, 4) is 0 Å². The van der Waals surface area contributed by atoms with Crippen molar-refractivity contribution < 1.29 is 9.53 Å². The molecule has 3 heterocycles. The monoisotopic (exact) mass is 288 g/mol. The van der Waals surface area contributed by atoms with E-state index in [0.717, 1.165) is 43.0 Å². The van der Waals surface area contributed by atoms with Crippen LogP contribution < -0.4 is 5.32 Å². The van der Waals surface area contributed by atoms with Crippen LogP contribution in [-0.2, 0) is 4.74 Å². The first kappa shape index (κ1) is 14.0. The first-order chi connectivity index (χ1) is 10.2. The van der Waals surface area contributed by atoms with Gasteiger partial charge in [-0.2, -0.15) is 5.10 Å². The number of piperidine rings is 1. The molecule has 1 fully saturated rings. The smallest absolute Gasteiger partial charge is 0.341 e. The quantitative estimate of drug-likeness (QED) is 0.870. The molecule has 6 heteroatoms. The van der Waals surface area contributed by atoms with Crippen molar-refractivity contribution in [3.05, 3.63) is 29.2 Å². The number of aromatic nitrogens is 3. The van der Waals surface area contributed by atoms with Crippen molar-refractivity contribution in [2.75, 3.05) is 19.7 Å². The first-order valence-electron chi connectivity index (χ1n) is 7.43. The molecular weight excluding hydrogens is 268 g/mol. The van der Waals surface area contributed by atoms with Gasteiger partial charge in [0, 0.05) is 18.2 Å². The molecule has 0 saturated carbocycles. The van der Waals surface area contributed by atoms with Gasteiger partial charge in [-0.05, 0) is 39.8 Å². The largest absolute Gasteiger partial charge is 0.462 e. The van der Waals surface area contributed by atoms with E-state index in [0.29, 0.717) is 18.1 Å². The van der Waals surface area contributed by atoms with Gasteiger partial charge in [0.05, 0.1) is 23.6 Å². The average molecular weight is 288 g/mol. The van der Waals surface area contributed by atoms with Crippen LogP contribution in [-0.4, -0.2) is 40.3 Å². The number of esters is 1. The van der Waals surface area contributed by atoms with Crippen LogP contribution in [0.1, 0.15) is 47.4 Å². The maximum Gasteiger partial charge on any atom is 0.341 e. The van der Waals surface area contributed by atoms with Crippen LogP contribution in [0.2, 0.25) is 0 Å². The van der Waals surface area contributed by atoms with Gasteiger partial charge >= 0.3 is 5.97 Å². The van der Waals surface area contributed by atoms with Gasteiger partial charge < -0.3 is 10.1 Å². The Bertz CT molecular complexity index is 659. The zero-order valence-corrected chi connectivity index (χ0v) is 12.4. The predicted octanol–water partition coefficient (Wildman–Crippen LogP) is 1.68. The molecule has 1 N–H and O–H groups in total. The van der Waals surface area contributed by atoms with E-state index in [-0.39, 0.29) is 5.97 Å². The van der Waals surface area contributed by atoms with Crippen molar-refractivity contribution in [2.45, 2.75) is 32.6 Å². The molecule has 21 heavy (non-hydrogen) atoms. The number of rotatable bonds is 3. The van der Waals surface area contributed by atoms with Gasteiger partial charge in [-0.1, -0.05) is 0 Å². The molecule has 0 spiro atoms. The minimum atomic E-state index is -0.344. The summed E-state index contributed by atoms with van der Waals surface area (Å²) in [5.74, 6) is 0.127. The molecule has 0 unspecified atom stereocenters. The highest BCUT2D eigenvalue weighted by molar-refractivity contribution is 5.90. The number of carbonyl (C=O) groups is 1. The number of aryl methyl sites for hydroxylation is 1. The Morgan fingerprint density at radius 1 is 1.48 bits per heavy atom. The van der Waals surface area contributed by atoms with E-state index < -0.39 is 0 Å². The molecular formula is C15H20N4O2. The third-order valence-corrected chi connectivity index (χ3v) is 4.00. The number of nitrogens with zero attached hydrogens (tertiary/aromatic N) is 3. The fraction of sp³-hybridized carbons (Fsp3) is 0.533. The second-order valence-corrected chi connectivity index (χ2v) is 5.34. The van der Waals surface area contributed by atoms with Crippen molar-refractivity contribution in [1.29, 1.82) is 0 Å². The minimum absolute atomic E-state index is 0.344. The van der Waals surface area contributed by atoms with E-state index in [9.17, 15) is 4.79 Å². The molecule has 2 aromatic heterocycles. The molecule has 1 aliphatic heterocycles. The summed E-state index contributed by atoms with van der Waals surface area (Å²) in [7, 11) is 0. The zero-order chi connectivity index (χ0) is 14.8. The summed E-state index contributed by atoms with van der Waals surface area (Å²) < 4.78 is 6.81. The number of hydrogen-bond donors (Lipinski definition) is 1. The summed E-state index contributed by atoms with van der Waals surface area (Å²) in [5, 5.41) is 8.01. The van der Waals surface area contributed by atoms with Crippen LogP contribution in [0.25, 0.3) is 5.65 Å². The van der Waals surface area contributed by atoms with Crippen LogP contribution in [0.3, 0.4) is 0 Å². The Morgan fingerprint density at radius 2 is 2.24 bits per heavy atom. The fourth-order valence-electron chi connectivity index (χ4n) is 2.79. The van der Waals surface area contributed by atoms with E-state index in [2.05, 4.69) is 15.4 Å². The van der Waals surface area contributed by atoms with E-state index >= 15 is 0 Å². The number of ether oxygens (including phenoxy) is 1. The topological polar surface area (TPSA) is 68.5 Å².